The van der Waals surface area contributed by atoms with Gasteiger partial charge in [-0.25, -0.2) is 0 Å². The Hall–Kier alpha value is -2.20. The summed E-state index contributed by atoms with van der Waals surface area (Å²) in [5.74, 6) is 0.110. The molecule has 4 nitrogen and oxygen atoms in total. The van der Waals surface area contributed by atoms with Gasteiger partial charge >= 0.3 is 0 Å². The summed E-state index contributed by atoms with van der Waals surface area (Å²) in [4.78, 5) is 16.9. The van der Waals surface area contributed by atoms with E-state index in [2.05, 4.69) is 33.8 Å². The number of likely N-dealkylation sites (N-methyl/N-ethyl adjacent to an activating group) is 1. The fraction of sp³-hybridized carbons (Fsp3) is 0.368. The number of hydrogen-bond donors (Lipinski definition) is 2. The minimum atomic E-state index is -0.492. The number of rotatable bonds is 5. The molecule has 1 fully saturated rings. The zero-order valence-corrected chi connectivity index (χ0v) is 13.5. The third-order valence-electron chi connectivity index (χ3n) is 4.50. The molecule has 1 aromatic heterocycles. The molecule has 0 aliphatic carbocycles. The number of nitrogens with one attached hydrogen (secondary N) is 2. The van der Waals surface area contributed by atoms with Crippen LogP contribution < -0.4 is 10.6 Å². The van der Waals surface area contributed by atoms with E-state index in [1.54, 1.807) is 6.20 Å². The van der Waals surface area contributed by atoms with Gasteiger partial charge in [-0.15, -0.1) is 0 Å². The van der Waals surface area contributed by atoms with Crippen LogP contribution in [0.2, 0.25) is 0 Å². The van der Waals surface area contributed by atoms with Gasteiger partial charge in [0.05, 0.1) is 0 Å². The van der Waals surface area contributed by atoms with Crippen LogP contribution in [0.15, 0.2) is 48.8 Å². The lowest BCUT2D eigenvalue weighted by Crippen LogP contribution is -2.55. The Labute approximate surface area is 137 Å². The van der Waals surface area contributed by atoms with E-state index in [1.165, 1.54) is 5.56 Å². The zero-order chi connectivity index (χ0) is 16.1. The number of aromatic nitrogens is 1. The van der Waals surface area contributed by atoms with Crippen molar-refractivity contribution in [2.75, 3.05) is 13.1 Å². The lowest BCUT2D eigenvalue weighted by atomic mass is 9.85. The molecule has 1 aliphatic heterocycles. The summed E-state index contributed by atoms with van der Waals surface area (Å²) in [6.07, 6.45) is 6.26. The molecule has 1 aliphatic rings. The van der Waals surface area contributed by atoms with Crippen LogP contribution in [0.4, 0.5) is 0 Å². The molecule has 0 saturated carbocycles. The van der Waals surface area contributed by atoms with E-state index in [-0.39, 0.29) is 5.91 Å². The van der Waals surface area contributed by atoms with Crippen LogP contribution in [0.25, 0.3) is 11.1 Å². The summed E-state index contributed by atoms with van der Waals surface area (Å²) >= 11 is 0. The lowest BCUT2D eigenvalue weighted by molar-refractivity contribution is -0.127. The van der Waals surface area contributed by atoms with Gasteiger partial charge < -0.3 is 10.6 Å². The van der Waals surface area contributed by atoms with Crippen molar-refractivity contribution < 1.29 is 4.79 Å². The quantitative estimate of drug-likeness (QED) is 0.892. The van der Waals surface area contributed by atoms with E-state index in [4.69, 9.17) is 0 Å². The minimum Gasteiger partial charge on any atom is -0.355 e. The molecule has 120 valence electrons. The molecule has 1 unspecified atom stereocenters. The number of amides is 1. The Balaban J connectivity index is 1.94. The predicted octanol–water partition coefficient (Wildman–Crippen LogP) is 2.55. The van der Waals surface area contributed by atoms with Crippen molar-refractivity contribution in [2.45, 2.75) is 31.7 Å². The predicted molar refractivity (Wildman–Crippen MR) is 92.0 cm³/mol. The van der Waals surface area contributed by atoms with Crippen molar-refractivity contribution in [3.8, 4) is 11.1 Å². The van der Waals surface area contributed by atoms with Gasteiger partial charge in [0.1, 0.15) is 5.54 Å². The normalized spacial score (nSPS) is 20.4. The molecular weight excluding hydrogens is 286 g/mol. The topological polar surface area (TPSA) is 54.0 Å². The Morgan fingerprint density at radius 1 is 1.30 bits per heavy atom. The molecular formula is C19H23N3O. The first-order valence-corrected chi connectivity index (χ1v) is 8.27. The lowest BCUT2D eigenvalue weighted by Gasteiger charge is -2.29. The van der Waals surface area contributed by atoms with Crippen LogP contribution in [0, 0.1) is 0 Å². The van der Waals surface area contributed by atoms with E-state index in [0.717, 1.165) is 30.5 Å². The Bertz CT molecular complexity index is 663. The molecule has 2 aromatic rings. The van der Waals surface area contributed by atoms with Gasteiger partial charge in [-0.2, -0.15) is 0 Å². The first-order valence-electron chi connectivity index (χ1n) is 8.27. The molecule has 1 amide bonds. The number of carbonyl (C=O) groups is 1. The smallest absolute Gasteiger partial charge is 0.240 e. The number of nitrogens with zero attached hydrogens (tertiary/aromatic N) is 1. The molecule has 1 aromatic carbocycles. The van der Waals surface area contributed by atoms with E-state index in [1.807, 2.05) is 31.3 Å². The summed E-state index contributed by atoms with van der Waals surface area (Å²) in [7, 11) is 0. The van der Waals surface area contributed by atoms with Crippen molar-refractivity contribution in [1.29, 1.82) is 0 Å². The van der Waals surface area contributed by atoms with E-state index >= 15 is 0 Å². The number of carbonyl (C=O) groups excluding carboxylic acids is 1. The van der Waals surface area contributed by atoms with Gasteiger partial charge in [-0.1, -0.05) is 30.3 Å². The van der Waals surface area contributed by atoms with Crippen molar-refractivity contribution >= 4 is 5.91 Å². The number of benzene rings is 1. The maximum absolute atomic E-state index is 12.6. The van der Waals surface area contributed by atoms with Crippen molar-refractivity contribution in [2.24, 2.45) is 0 Å². The van der Waals surface area contributed by atoms with Gasteiger partial charge in [0.2, 0.25) is 5.91 Å². The maximum atomic E-state index is 12.6. The van der Waals surface area contributed by atoms with Crippen LogP contribution in [0.1, 0.15) is 25.3 Å². The van der Waals surface area contributed by atoms with Crippen LogP contribution in [0.3, 0.4) is 0 Å². The highest BCUT2D eigenvalue weighted by Crippen LogP contribution is 2.30. The van der Waals surface area contributed by atoms with Gasteiger partial charge in [0, 0.05) is 30.9 Å². The first kappa shape index (κ1) is 15.7. The monoisotopic (exact) mass is 309 g/mol. The van der Waals surface area contributed by atoms with Crippen molar-refractivity contribution in [3.05, 3.63) is 54.4 Å². The van der Waals surface area contributed by atoms with E-state index in [9.17, 15) is 4.79 Å². The minimum absolute atomic E-state index is 0.110. The summed E-state index contributed by atoms with van der Waals surface area (Å²) in [6, 6.07) is 12.3. The van der Waals surface area contributed by atoms with Crippen molar-refractivity contribution in [3.63, 3.8) is 0 Å². The Morgan fingerprint density at radius 3 is 2.87 bits per heavy atom. The summed E-state index contributed by atoms with van der Waals surface area (Å²) < 4.78 is 0. The molecule has 2 N–H and O–H groups in total. The maximum Gasteiger partial charge on any atom is 0.240 e. The van der Waals surface area contributed by atoms with Gasteiger partial charge in [-0.05, 0) is 43.5 Å². The zero-order valence-electron chi connectivity index (χ0n) is 13.5. The first-order chi connectivity index (χ1) is 11.2. The van der Waals surface area contributed by atoms with E-state index < -0.39 is 5.54 Å². The summed E-state index contributed by atoms with van der Waals surface area (Å²) in [5, 5.41) is 6.45. The van der Waals surface area contributed by atoms with Crippen LogP contribution in [-0.4, -0.2) is 29.5 Å². The van der Waals surface area contributed by atoms with Gasteiger partial charge in [0.15, 0.2) is 0 Å². The second kappa shape index (κ2) is 6.92. The summed E-state index contributed by atoms with van der Waals surface area (Å²) in [5.41, 5.74) is 2.93. The molecule has 0 radical (unpaired) electrons. The molecule has 0 spiro atoms. The second-order valence-corrected chi connectivity index (χ2v) is 6.05. The average molecular weight is 309 g/mol. The number of pyridine rings is 1. The van der Waals surface area contributed by atoms with Crippen molar-refractivity contribution in [1.82, 2.24) is 15.6 Å². The molecule has 1 saturated heterocycles. The number of hydrogen-bond acceptors (Lipinski definition) is 3. The highest BCUT2D eigenvalue weighted by Gasteiger charge is 2.41. The second-order valence-electron chi connectivity index (χ2n) is 6.05. The summed E-state index contributed by atoms with van der Waals surface area (Å²) in [6.45, 7) is 3.52. The molecule has 4 heteroatoms. The average Bonchev–Trinajstić information content (AvgIpc) is 3.06. The Kier molecular flexibility index (Phi) is 4.72. The largest absolute Gasteiger partial charge is 0.355 e. The van der Waals surface area contributed by atoms with Crippen LogP contribution in [0.5, 0.6) is 0 Å². The third kappa shape index (κ3) is 3.27. The molecule has 23 heavy (non-hydrogen) atoms. The molecule has 2 heterocycles. The standard InChI is InChI=1S/C19H23N3O/c1-2-21-18(23)19(10-6-12-22-19)13-15-7-3-4-9-17(15)16-8-5-11-20-14-16/h3-5,7-9,11,14,22H,2,6,10,12-13H2,1H3,(H,21,23). The van der Waals surface area contributed by atoms with Crippen LogP contribution >= 0.6 is 0 Å². The van der Waals surface area contributed by atoms with Crippen LogP contribution in [-0.2, 0) is 11.2 Å². The van der Waals surface area contributed by atoms with Gasteiger partial charge in [-0.3, -0.25) is 9.78 Å². The van der Waals surface area contributed by atoms with E-state index in [0.29, 0.717) is 13.0 Å². The highest BCUT2D eigenvalue weighted by molar-refractivity contribution is 5.87. The van der Waals surface area contributed by atoms with Gasteiger partial charge in [0.25, 0.3) is 0 Å². The SMILES string of the molecule is CCNC(=O)C1(Cc2ccccc2-c2cccnc2)CCCN1. The molecule has 3 rings (SSSR count). The molecule has 0 bridgehead atoms. The Morgan fingerprint density at radius 2 is 2.17 bits per heavy atom. The highest BCUT2D eigenvalue weighted by atomic mass is 16.2. The fourth-order valence-corrected chi connectivity index (χ4v) is 3.36. The molecule has 1 atom stereocenters. The fourth-order valence-electron chi connectivity index (χ4n) is 3.36. The third-order valence-corrected chi connectivity index (χ3v) is 4.50.